The third-order valence-corrected chi connectivity index (χ3v) is 5.32. The summed E-state index contributed by atoms with van der Waals surface area (Å²) in [5, 5.41) is 1.67. The Labute approximate surface area is 126 Å². The SMILES string of the molecule is O=C1c2c(c3c(c4cc5c(cc24)OCO5)CCCC3)C1Cl. The second-order valence-corrected chi connectivity index (χ2v) is 6.37. The lowest BCUT2D eigenvalue weighted by atomic mass is 9.73. The van der Waals surface area contributed by atoms with Crippen molar-refractivity contribution in [1.29, 1.82) is 0 Å². The Hall–Kier alpha value is -1.74. The number of halogens is 1. The summed E-state index contributed by atoms with van der Waals surface area (Å²) >= 11 is 6.28. The Kier molecular flexibility index (Phi) is 2.21. The van der Waals surface area contributed by atoms with Gasteiger partial charge in [0.05, 0.1) is 0 Å². The van der Waals surface area contributed by atoms with E-state index in [0.29, 0.717) is 0 Å². The van der Waals surface area contributed by atoms with E-state index in [1.54, 1.807) is 0 Å². The van der Waals surface area contributed by atoms with Crippen LogP contribution in [0, 0.1) is 0 Å². The van der Waals surface area contributed by atoms with E-state index in [1.807, 2.05) is 12.1 Å². The van der Waals surface area contributed by atoms with Gasteiger partial charge < -0.3 is 9.47 Å². The summed E-state index contributed by atoms with van der Waals surface area (Å²) in [6.07, 6.45) is 4.44. The largest absolute Gasteiger partial charge is 0.454 e. The lowest BCUT2D eigenvalue weighted by molar-refractivity contribution is 0.0962. The third kappa shape index (κ3) is 1.37. The highest BCUT2D eigenvalue weighted by molar-refractivity contribution is 6.41. The normalized spacial score (nSPS) is 22.0. The third-order valence-electron chi connectivity index (χ3n) is 4.90. The first-order chi connectivity index (χ1) is 10.3. The predicted octanol–water partition coefficient (Wildman–Crippen LogP) is 3.92. The molecule has 1 aliphatic heterocycles. The zero-order valence-electron chi connectivity index (χ0n) is 11.4. The minimum Gasteiger partial charge on any atom is -0.454 e. The van der Waals surface area contributed by atoms with Crippen molar-refractivity contribution in [2.75, 3.05) is 6.79 Å². The van der Waals surface area contributed by atoms with Gasteiger partial charge in [0.25, 0.3) is 0 Å². The van der Waals surface area contributed by atoms with Crippen molar-refractivity contribution in [3.8, 4) is 11.5 Å². The summed E-state index contributed by atoms with van der Waals surface area (Å²) < 4.78 is 11.0. The van der Waals surface area contributed by atoms with Gasteiger partial charge in [0, 0.05) is 5.56 Å². The van der Waals surface area contributed by atoms with E-state index in [2.05, 4.69) is 0 Å². The summed E-state index contributed by atoms with van der Waals surface area (Å²) in [6, 6.07) is 3.99. The topological polar surface area (TPSA) is 35.5 Å². The number of fused-ring (bicyclic) bond motifs is 7. The van der Waals surface area contributed by atoms with Crippen LogP contribution in [0.15, 0.2) is 12.1 Å². The highest BCUT2D eigenvalue weighted by atomic mass is 35.5. The Bertz CT molecular complexity index is 825. The summed E-state index contributed by atoms with van der Waals surface area (Å²) in [5.41, 5.74) is 4.54. The van der Waals surface area contributed by atoms with Gasteiger partial charge in [-0.2, -0.15) is 0 Å². The molecular weight excluding hydrogens is 288 g/mol. The standard InChI is InChI=1S/C17H13ClO3/c18-16-14-9-4-2-1-3-8(9)10-5-12-13(21-7-20-12)6-11(10)15(14)17(16)19/h5-6,16H,1-4,7H2. The first kappa shape index (κ1) is 11.9. The molecule has 1 heterocycles. The summed E-state index contributed by atoms with van der Waals surface area (Å²) in [4.78, 5) is 12.2. The molecule has 21 heavy (non-hydrogen) atoms. The molecule has 3 nitrogen and oxygen atoms in total. The average molecular weight is 301 g/mol. The van der Waals surface area contributed by atoms with Crippen LogP contribution < -0.4 is 9.47 Å². The van der Waals surface area contributed by atoms with E-state index in [1.165, 1.54) is 24.0 Å². The van der Waals surface area contributed by atoms with E-state index in [9.17, 15) is 4.79 Å². The van der Waals surface area contributed by atoms with Gasteiger partial charge in [-0.25, -0.2) is 0 Å². The van der Waals surface area contributed by atoms with E-state index in [0.717, 1.165) is 46.2 Å². The number of ketones is 1. The van der Waals surface area contributed by atoms with Crippen LogP contribution in [0.2, 0.25) is 0 Å². The van der Waals surface area contributed by atoms with E-state index >= 15 is 0 Å². The second kappa shape index (κ2) is 3.92. The smallest absolute Gasteiger partial charge is 0.231 e. The Balaban J connectivity index is 1.93. The van der Waals surface area contributed by atoms with Crippen molar-refractivity contribution in [3.05, 3.63) is 34.4 Å². The van der Waals surface area contributed by atoms with Crippen molar-refractivity contribution >= 4 is 28.2 Å². The maximum atomic E-state index is 12.2. The van der Waals surface area contributed by atoms with Crippen molar-refractivity contribution in [3.63, 3.8) is 0 Å². The van der Waals surface area contributed by atoms with Crippen LogP contribution >= 0.6 is 11.6 Å². The van der Waals surface area contributed by atoms with Crippen molar-refractivity contribution in [2.45, 2.75) is 31.1 Å². The Morgan fingerprint density at radius 2 is 1.67 bits per heavy atom. The molecule has 5 rings (SSSR count). The summed E-state index contributed by atoms with van der Waals surface area (Å²) in [5.74, 6) is 1.56. The number of aryl methyl sites for hydroxylation is 1. The Morgan fingerprint density at radius 1 is 1.00 bits per heavy atom. The number of hydrogen-bond acceptors (Lipinski definition) is 3. The lowest BCUT2D eigenvalue weighted by Gasteiger charge is -2.32. The van der Waals surface area contributed by atoms with Gasteiger partial charge in [0.2, 0.25) is 6.79 Å². The van der Waals surface area contributed by atoms with Crippen LogP contribution in [0.1, 0.15) is 45.3 Å². The van der Waals surface area contributed by atoms with Gasteiger partial charge in [-0.1, -0.05) is 0 Å². The molecule has 0 N–H and O–H groups in total. The lowest BCUT2D eigenvalue weighted by Crippen LogP contribution is -2.27. The zero-order valence-corrected chi connectivity index (χ0v) is 12.1. The molecule has 2 aromatic rings. The Morgan fingerprint density at radius 3 is 2.43 bits per heavy atom. The molecular formula is C17H13ClO3. The highest BCUT2D eigenvalue weighted by Crippen LogP contribution is 2.50. The molecule has 4 heteroatoms. The molecule has 3 aliphatic rings. The number of alkyl halides is 1. The maximum Gasteiger partial charge on any atom is 0.231 e. The first-order valence-corrected chi connectivity index (χ1v) is 7.78. The molecule has 0 fully saturated rings. The van der Waals surface area contributed by atoms with E-state index in [-0.39, 0.29) is 12.6 Å². The summed E-state index contributed by atoms with van der Waals surface area (Å²) in [6.45, 7) is 0.252. The van der Waals surface area contributed by atoms with Crippen LogP contribution in [0.25, 0.3) is 10.8 Å². The molecule has 0 aromatic heterocycles. The molecule has 0 saturated carbocycles. The zero-order chi connectivity index (χ0) is 14.1. The average Bonchev–Trinajstić information content (AvgIpc) is 2.98. The number of carbonyl (C=O) groups is 1. The molecule has 0 spiro atoms. The number of hydrogen-bond donors (Lipinski definition) is 0. The number of carbonyl (C=O) groups excluding carboxylic acids is 1. The number of rotatable bonds is 0. The predicted molar refractivity (Wildman–Crippen MR) is 79.6 cm³/mol. The van der Waals surface area contributed by atoms with E-state index in [4.69, 9.17) is 21.1 Å². The molecule has 0 bridgehead atoms. The van der Waals surface area contributed by atoms with Crippen LogP contribution in [-0.2, 0) is 12.8 Å². The van der Waals surface area contributed by atoms with Crippen LogP contribution in [0.3, 0.4) is 0 Å². The van der Waals surface area contributed by atoms with E-state index < -0.39 is 5.38 Å². The quantitative estimate of drug-likeness (QED) is 0.692. The van der Waals surface area contributed by atoms with Crippen LogP contribution in [0.5, 0.6) is 11.5 Å². The molecule has 2 aromatic carbocycles. The number of benzene rings is 2. The maximum absolute atomic E-state index is 12.2. The van der Waals surface area contributed by atoms with Crippen molar-refractivity contribution < 1.29 is 14.3 Å². The fraction of sp³-hybridized carbons (Fsp3) is 0.353. The van der Waals surface area contributed by atoms with Crippen molar-refractivity contribution in [2.24, 2.45) is 0 Å². The molecule has 0 amide bonds. The van der Waals surface area contributed by atoms with Gasteiger partial charge in [0.1, 0.15) is 5.38 Å². The van der Waals surface area contributed by atoms with Gasteiger partial charge in [-0.05, 0) is 65.3 Å². The molecule has 1 atom stereocenters. The van der Waals surface area contributed by atoms with Crippen molar-refractivity contribution in [1.82, 2.24) is 0 Å². The molecule has 2 aliphatic carbocycles. The fourth-order valence-electron chi connectivity index (χ4n) is 3.92. The fourth-order valence-corrected chi connectivity index (χ4v) is 4.27. The minimum atomic E-state index is -0.457. The van der Waals surface area contributed by atoms with Crippen LogP contribution in [-0.4, -0.2) is 12.6 Å². The molecule has 1 unspecified atom stereocenters. The monoisotopic (exact) mass is 300 g/mol. The highest BCUT2D eigenvalue weighted by Gasteiger charge is 2.40. The number of ether oxygens (including phenoxy) is 2. The summed E-state index contributed by atoms with van der Waals surface area (Å²) in [7, 11) is 0. The first-order valence-electron chi connectivity index (χ1n) is 7.35. The van der Waals surface area contributed by atoms with Gasteiger partial charge in [-0.15, -0.1) is 11.6 Å². The van der Waals surface area contributed by atoms with Crippen LogP contribution in [0.4, 0.5) is 0 Å². The molecule has 106 valence electrons. The van der Waals surface area contributed by atoms with Gasteiger partial charge in [-0.3, -0.25) is 4.79 Å². The van der Waals surface area contributed by atoms with Gasteiger partial charge >= 0.3 is 0 Å². The minimum absolute atomic E-state index is 0.0453. The second-order valence-electron chi connectivity index (χ2n) is 5.93. The number of Topliss-reactive ketones (excluding diaryl/α,β-unsaturated/α-hetero) is 1. The molecule has 0 saturated heterocycles. The van der Waals surface area contributed by atoms with Gasteiger partial charge in [0.15, 0.2) is 17.3 Å². The molecule has 0 radical (unpaired) electrons.